The van der Waals surface area contributed by atoms with Crippen molar-refractivity contribution in [3.8, 4) is 0 Å². The molecule has 0 radical (unpaired) electrons. The van der Waals surface area contributed by atoms with Crippen LogP contribution in [-0.4, -0.2) is 159 Å². The molecule has 0 saturated carbocycles. The maximum atomic E-state index is 4.00. The topological polar surface area (TPSA) is 67.6 Å². The molecule has 10 nitrogen and oxygen atoms in total. The molecule has 0 amide bonds. The van der Waals surface area contributed by atoms with Gasteiger partial charge in [-0.25, -0.2) is 0 Å². The third-order valence-corrected chi connectivity index (χ3v) is 24.8. The van der Waals surface area contributed by atoms with Crippen molar-refractivity contribution in [3.05, 3.63) is 0 Å². The van der Waals surface area contributed by atoms with Gasteiger partial charge in [0.1, 0.15) is 0 Å². The Morgan fingerprint density at radius 2 is 1.80 bits per heavy atom. The Morgan fingerprint density at radius 1 is 1.04 bits per heavy atom. The Hall–Kier alpha value is 1.77. The van der Waals surface area contributed by atoms with Gasteiger partial charge in [0.2, 0.25) is 0 Å². The van der Waals surface area contributed by atoms with Gasteiger partial charge in [0, 0.05) is 13.3 Å². The molecule has 4 N–H and O–H groups in total. The van der Waals surface area contributed by atoms with E-state index in [9.17, 15) is 0 Å². The third-order valence-electron chi connectivity index (χ3n) is 4.14. The zero-order chi connectivity index (χ0) is 18.1. The van der Waals surface area contributed by atoms with Crippen molar-refractivity contribution < 1.29 is 0 Å². The van der Waals surface area contributed by atoms with Gasteiger partial charge in [-0.05, 0) is 21.1 Å². The summed E-state index contributed by atoms with van der Waals surface area (Å²) in [5.41, 5.74) is 0. The smallest absolute Gasteiger partial charge is 0.164 e. The lowest BCUT2D eigenvalue weighted by atomic mass is 11.1. The van der Waals surface area contributed by atoms with E-state index < -0.39 is 0 Å². The molecule has 2 aliphatic rings. The van der Waals surface area contributed by atoms with Crippen LogP contribution in [0.15, 0.2) is 0 Å². The van der Waals surface area contributed by atoms with Gasteiger partial charge in [-0.3, -0.25) is 0 Å². The Bertz CT molecular complexity index is 359. The molecule has 0 atom stereocenters. The largest absolute Gasteiger partial charge is 0.349 e. The van der Waals surface area contributed by atoms with Crippen molar-refractivity contribution in [3.63, 3.8) is 0 Å². The predicted octanol–water partition coefficient (Wildman–Crippen LogP) is -12.7. The van der Waals surface area contributed by atoms with Crippen LogP contribution < -0.4 is 18.9 Å². The van der Waals surface area contributed by atoms with Crippen LogP contribution in [0.25, 0.3) is 0 Å². The summed E-state index contributed by atoms with van der Waals surface area (Å²) in [4.78, 5) is 3.73. The molecule has 0 unspecified atom stereocenters. The lowest BCUT2D eigenvalue weighted by Gasteiger charge is -2.38. The van der Waals surface area contributed by atoms with Gasteiger partial charge in [0.05, 0.1) is 10.4 Å². The van der Waals surface area contributed by atoms with Crippen LogP contribution in [0.1, 0.15) is 0 Å². The summed E-state index contributed by atoms with van der Waals surface area (Å²) in [7, 11) is 6.72. The molecule has 0 aromatic rings. The molecule has 0 aliphatic carbocycles. The minimum atomic E-state index is -0.213. The number of nitrogens with zero attached hydrogens (tertiary/aromatic N) is 6. The highest BCUT2D eigenvalue weighted by molar-refractivity contribution is 6.70. The van der Waals surface area contributed by atoms with Gasteiger partial charge in [0.15, 0.2) is 88.6 Å². The molecule has 0 aromatic carbocycles. The fourth-order valence-corrected chi connectivity index (χ4v) is 38.0. The quantitative estimate of drug-likeness (QED) is 0.233. The number of rotatable bonds is 8. The molecule has 2 aliphatic heterocycles. The fourth-order valence-electron chi connectivity index (χ4n) is 3.21. The van der Waals surface area contributed by atoms with Crippen LogP contribution in [0, 0.1) is 0 Å². The minimum Gasteiger partial charge on any atom is -0.349 e. The van der Waals surface area contributed by atoms with Crippen molar-refractivity contribution in [2.24, 2.45) is 0 Å². The summed E-state index contributed by atoms with van der Waals surface area (Å²) in [6.07, 6.45) is 0. The molecular weight excluding hydrogens is 481 g/mol. The molecule has 0 bridgehead atoms. The fraction of sp³-hybridized carbons (Fsp3) is 1.00. The third kappa shape index (κ3) is 10.2. The zero-order valence-electron chi connectivity index (χ0n) is 16.5. The van der Waals surface area contributed by atoms with Crippen LogP contribution in [0.5, 0.6) is 0 Å². The van der Waals surface area contributed by atoms with E-state index in [1.165, 1.54) is 17.1 Å². The van der Waals surface area contributed by atoms with Gasteiger partial charge in [-0.15, -0.1) is 0 Å². The van der Waals surface area contributed by atoms with Gasteiger partial charge >= 0.3 is 0 Å². The second kappa shape index (κ2) is 13.1. The highest BCUT2D eigenvalue weighted by Gasteiger charge is 2.19. The second-order valence-corrected chi connectivity index (χ2v) is 35.7. The molecule has 2 fully saturated rings. The van der Waals surface area contributed by atoms with Crippen molar-refractivity contribution >= 4 is 99.0 Å². The Labute approximate surface area is 177 Å². The second-order valence-electron chi connectivity index (χ2n) is 7.49. The Kier molecular flexibility index (Phi) is 12.1. The lowest BCUT2D eigenvalue weighted by molar-refractivity contribution is 0.476. The van der Waals surface area contributed by atoms with E-state index in [0.717, 1.165) is 6.67 Å². The summed E-state index contributed by atoms with van der Waals surface area (Å²) in [5, 5.41) is 0. The Balaban J connectivity index is 1.61. The lowest BCUT2D eigenvalue weighted by Crippen LogP contribution is -2.65. The first-order valence-corrected chi connectivity index (χ1v) is 21.8. The molecular formula is C5H38N10Si10. The summed E-state index contributed by atoms with van der Waals surface area (Å²) in [5.74, 6) is 0. The summed E-state index contributed by atoms with van der Waals surface area (Å²) < 4.78 is 28.1. The molecule has 25 heavy (non-hydrogen) atoms. The standard InChI is InChI=1S/C5H38N10Si10/c1-10-4-6-17-15(22-7-18-10)23-9-20-13-5-14(21-8-19-13)25-12(3)24-11(2)16/h6-9H,4-5,17-25H2,1-3,16H3. The van der Waals surface area contributed by atoms with E-state index in [4.69, 9.17) is 0 Å². The number of hydrogen-bond acceptors (Lipinski definition) is 10. The average Bonchev–Trinajstić information content (AvgIpc) is 2.51. The van der Waals surface area contributed by atoms with Crippen molar-refractivity contribution in [2.45, 2.75) is 0 Å². The number of hydrogen-bond donors (Lipinski definition) is 4. The predicted molar refractivity (Wildman–Crippen MR) is 138 cm³/mol. The van der Waals surface area contributed by atoms with Gasteiger partial charge in [-0.2, -0.15) is 0 Å². The van der Waals surface area contributed by atoms with Crippen LogP contribution in [0.3, 0.4) is 0 Å². The molecule has 148 valence electrons. The van der Waals surface area contributed by atoms with Crippen molar-refractivity contribution in [1.29, 1.82) is 0 Å². The van der Waals surface area contributed by atoms with E-state index in [2.05, 4.69) is 65.5 Å². The summed E-state index contributed by atoms with van der Waals surface area (Å²) >= 11 is 0. The summed E-state index contributed by atoms with van der Waals surface area (Å²) in [6, 6.07) is 0. The average molecular weight is 519 g/mol. The van der Waals surface area contributed by atoms with Gasteiger partial charge in [-0.1, -0.05) is 0 Å². The van der Waals surface area contributed by atoms with Crippen molar-refractivity contribution in [2.75, 3.05) is 34.5 Å². The van der Waals surface area contributed by atoms with Crippen LogP contribution in [-0.2, 0) is 0 Å². The van der Waals surface area contributed by atoms with E-state index in [1.807, 2.05) is 0 Å². The van der Waals surface area contributed by atoms with Crippen LogP contribution in [0.2, 0.25) is 0 Å². The molecule has 0 aromatic heterocycles. The highest BCUT2D eigenvalue weighted by atomic mass is 28.4. The Morgan fingerprint density at radius 3 is 2.60 bits per heavy atom. The first-order chi connectivity index (χ1) is 12.0. The van der Waals surface area contributed by atoms with Crippen molar-refractivity contribution in [1.82, 2.24) is 44.3 Å². The monoisotopic (exact) mass is 518 g/mol. The van der Waals surface area contributed by atoms with Crippen LogP contribution in [0.4, 0.5) is 0 Å². The zero-order valence-corrected chi connectivity index (χ0v) is 31.2. The molecule has 2 rings (SSSR count). The minimum absolute atomic E-state index is 0.104. The van der Waals surface area contributed by atoms with E-state index in [1.54, 1.807) is 0 Å². The van der Waals surface area contributed by atoms with Gasteiger partial charge < -0.3 is 44.3 Å². The summed E-state index contributed by atoms with van der Waals surface area (Å²) in [6.45, 7) is 2.43. The highest BCUT2D eigenvalue weighted by Crippen LogP contribution is 1.93. The van der Waals surface area contributed by atoms with E-state index in [0.29, 0.717) is 0 Å². The SMILES string of the molecule is CN([SiH3])[SiH2]N(C)[SiH2]N1CN([SiH2]N[SiH2]N2[SiH2]NCN(C)[SiH2]N[SiH2]2)[SiH2]N[SiH2]1. The normalized spacial score (nSPS) is 30.1. The number of nitrogens with one attached hydrogen (secondary N) is 4. The molecule has 2 saturated heterocycles. The first kappa shape index (κ1) is 23.1. The molecule has 20 heteroatoms. The maximum absolute atomic E-state index is 4.00. The maximum Gasteiger partial charge on any atom is 0.164 e. The molecule has 0 spiro atoms. The first-order valence-electron chi connectivity index (χ1n) is 9.04. The molecule has 2 heterocycles. The van der Waals surface area contributed by atoms with E-state index in [-0.39, 0.29) is 88.6 Å². The van der Waals surface area contributed by atoms with E-state index >= 15 is 0 Å². The van der Waals surface area contributed by atoms with Gasteiger partial charge in [0.25, 0.3) is 0 Å². The van der Waals surface area contributed by atoms with Crippen LogP contribution >= 0.6 is 0 Å².